The average Bonchev–Trinajstić information content (AvgIpc) is 2.49. The summed E-state index contributed by atoms with van der Waals surface area (Å²) in [5, 5.41) is 0. The van der Waals surface area contributed by atoms with Crippen LogP contribution in [0.3, 0.4) is 0 Å². The number of nitrogens with zero attached hydrogens (tertiary/aromatic N) is 1. The molecule has 13 heavy (non-hydrogen) atoms. The van der Waals surface area contributed by atoms with Crippen molar-refractivity contribution in [2.24, 2.45) is 5.73 Å². The maximum Gasteiger partial charge on any atom is 0.404 e. The lowest BCUT2D eigenvalue weighted by molar-refractivity contribution is -0.847. The second-order valence-electron chi connectivity index (χ2n) is 5.12. The molecule has 0 saturated carbocycles. The number of carbonyl (C=O) groups excluding carboxylic acids is 2. The predicted molar refractivity (Wildman–Crippen MR) is 46.4 cm³/mol. The van der Waals surface area contributed by atoms with Gasteiger partial charge in [-0.05, 0) is 20.8 Å². The van der Waals surface area contributed by atoms with Crippen LogP contribution in [0.15, 0.2) is 0 Å². The number of carbonyl (C=O) groups is 2. The lowest BCUT2D eigenvalue weighted by Gasteiger charge is -2.45. The number of hydrogen-bond acceptors (Lipinski definition) is 2. The van der Waals surface area contributed by atoms with Gasteiger partial charge in [0, 0.05) is 0 Å². The normalized spacial score (nSPS) is 44.5. The third kappa shape index (κ3) is 0.668. The van der Waals surface area contributed by atoms with Crippen molar-refractivity contribution in [3.05, 3.63) is 0 Å². The fourth-order valence-corrected chi connectivity index (χ4v) is 3.37. The van der Waals surface area contributed by atoms with E-state index in [1.165, 1.54) is 0 Å². The Morgan fingerprint density at radius 3 is 2.00 bits per heavy atom. The molecule has 72 valence electrons. The zero-order valence-electron chi connectivity index (χ0n) is 8.26. The molecule has 0 aromatic heterocycles. The number of rotatable bonds is 0. The van der Waals surface area contributed by atoms with E-state index >= 15 is 0 Å². The first-order valence-electron chi connectivity index (χ1n) is 4.49. The van der Waals surface area contributed by atoms with Crippen LogP contribution in [0.5, 0.6) is 0 Å². The van der Waals surface area contributed by atoms with Gasteiger partial charge in [0.15, 0.2) is 5.54 Å². The number of quaternary nitrogens is 1. The molecule has 4 heteroatoms. The number of hydrogen-bond donors (Lipinski definition) is 1. The Labute approximate surface area is 77.3 Å². The van der Waals surface area contributed by atoms with Gasteiger partial charge >= 0.3 is 11.8 Å². The van der Waals surface area contributed by atoms with Crippen molar-refractivity contribution in [2.45, 2.75) is 38.3 Å². The van der Waals surface area contributed by atoms with Gasteiger partial charge in [0.25, 0.3) is 0 Å². The molecule has 0 aromatic rings. The van der Waals surface area contributed by atoms with Crippen LogP contribution in [0.1, 0.15) is 27.2 Å². The van der Waals surface area contributed by atoms with Gasteiger partial charge in [0.2, 0.25) is 0 Å². The van der Waals surface area contributed by atoms with Crippen molar-refractivity contribution >= 4 is 11.8 Å². The predicted octanol–water partition coefficient (Wildman–Crippen LogP) is -0.230. The highest BCUT2D eigenvalue weighted by Gasteiger charge is 2.87. The molecule has 4 nitrogen and oxygen atoms in total. The van der Waals surface area contributed by atoms with Crippen LogP contribution < -0.4 is 5.73 Å². The van der Waals surface area contributed by atoms with Crippen LogP contribution in [-0.2, 0) is 9.59 Å². The van der Waals surface area contributed by atoms with Crippen LogP contribution in [-0.4, -0.2) is 33.9 Å². The van der Waals surface area contributed by atoms with E-state index in [1.54, 1.807) is 0 Å². The van der Waals surface area contributed by atoms with E-state index in [1.807, 2.05) is 20.8 Å². The summed E-state index contributed by atoms with van der Waals surface area (Å²) < 4.78 is 0.287. The van der Waals surface area contributed by atoms with E-state index in [4.69, 9.17) is 5.73 Å². The van der Waals surface area contributed by atoms with E-state index in [0.717, 1.165) is 13.0 Å². The van der Waals surface area contributed by atoms with E-state index in [2.05, 4.69) is 0 Å². The summed E-state index contributed by atoms with van der Waals surface area (Å²) >= 11 is 0. The van der Waals surface area contributed by atoms with E-state index in [9.17, 15) is 9.59 Å². The molecule has 2 fully saturated rings. The summed E-state index contributed by atoms with van der Waals surface area (Å²) in [5.74, 6) is -1.21. The van der Waals surface area contributed by atoms with Crippen molar-refractivity contribution in [3.8, 4) is 0 Å². The van der Waals surface area contributed by atoms with Gasteiger partial charge in [0.05, 0.1) is 6.42 Å². The van der Waals surface area contributed by atoms with Crippen molar-refractivity contribution in [2.75, 3.05) is 6.54 Å². The highest BCUT2D eigenvalue weighted by Crippen LogP contribution is 2.65. The molecule has 2 heterocycles. The molecule has 2 aliphatic heterocycles. The largest absolute Gasteiger partial charge is 0.404 e. The van der Waals surface area contributed by atoms with Gasteiger partial charge in [-0.2, -0.15) is 0 Å². The lowest BCUT2D eigenvalue weighted by Crippen LogP contribution is -2.67. The van der Waals surface area contributed by atoms with Crippen molar-refractivity contribution < 1.29 is 14.1 Å². The summed E-state index contributed by atoms with van der Waals surface area (Å²) in [6.07, 6.45) is 0.999. The van der Waals surface area contributed by atoms with E-state index < -0.39 is 11.8 Å². The van der Waals surface area contributed by atoms with Crippen LogP contribution in [0, 0.1) is 0 Å². The molecule has 2 N–H and O–H groups in total. The van der Waals surface area contributed by atoms with Crippen LogP contribution in [0.2, 0.25) is 0 Å². The summed E-state index contributed by atoms with van der Waals surface area (Å²) in [4.78, 5) is 22.5. The van der Waals surface area contributed by atoms with Crippen molar-refractivity contribution in [1.29, 1.82) is 0 Å². The molecule has 0 aliphatic carbocycles. The minimum atomic E-state index is -0.795. The summed E-state index contributed by atoms with van der Waals surface area (Å²) in [6.45, 7) is 6.85. The second-order valence-corrected chi connectivity index (χ2v) is 5.12. The Kier molecular flexibility index (Phi) is 1.20. The fraction of sp³-hybridized carbons (Fsp3) is 0.778. The smallest absolute Gasteiger partial charge is 0.358 e. The average molecular weight is 183 g/mol. The van der Waals surface area contributed by atoms with Crippen LogP contribution >= 0.6 is 0 Å². The first-order valence-corrected chi connectivity index (χ1v) is 4.49. The van der Waals surface area contributed by atoms with Crippen molar-refractivity contribution in [1.82, 2.24) is 0 Å². The molecule has 2 atom stereocenters. The first kappa shape index (κ1) is 8.69. The Balaban J connectivity index is 2.34. The third-order valence-electron chi connectivity index (χ3n) is 3.80. The summed E-state index contributed by atoms with van der Waals surface area (Å²) in [5.41, 5.74) is 4.95. The molecule has 2 saturated heterocycles. The minimum Gasteiger partial charge on any atom is -0.358 e. The lowest BCUT2D eigenvalue weighted by atomic mass is 9.81. The summed E-state index contributed by atoms with van der Waals surface area (Å²) in [6, 6.07) is 0. The summed E-state index contributed by atoms with van der Waals surface area (Å²) in [7, 11) is 0. The molecular formula is C9H15N2O2+. The first-order chi connectivity index (χ1) is 5.77. The van der Waals surface area contributed by atoms with Gasteiger partial charge in [-0.3, -0.25) is 4.79 Å². The highest BCUT2D eigenvalue weighted by atomic mass is 16.2. The molecule has 2 rings (SSSR count). The SMILES string of the molecule is CC1(C)CC2(C)C[N+]12C(=O)C(N)=O. The Morgan fingerprint density at radius 2 is 1.85 bits per heavy atom. The van der Waals surface area contributed by atoms with Gasteiger partial charge in [-0.25, -0.2) is 9.28 Å². The fourth-order valence-electron chi connectivity index (χ4n) is 3.37. The van der Waals surface area contributed by atoms with E-state index in [0.29, 0.717) is 0 Å². The maximum atomic E-state index is 11.6. The zero-order chi connectivity index (χ0) is 10.1. The number of nitrogens with two attached hydrogens (primary N) is 1. The second kappa shape index (κ2) is 1.80. The monoisotopic (exact) mass is 183 g/mol. The maximum absolute atomic E-state index is 11.6. The van der Waals surface area contributed by atoms with Crippen molar-refractivity contribution in [3.63, 3.8) is 0 Å². The molecule has 2 unspecified atom stereocenters. The molecule has 0 bridgehead atoms. The van der Waals surface area contributed by atoms with Gasteiger partial charge < -0.3 is 5.73 Å². The Morgan fingerprint density at radius 1 is 1.31 bits per heavy atom. The molecule has 2 aliphatic rings. The quantitative estimate of drug-likeness (QED) is 0.320. The molecular weight excluding hydrogens is 168 g/mol. The third-order valence-corrected chi connectivity index (χ3v) is 3.80. The van der Waals surface area contributed by atoms with E-state index in [-0.39, 0.29) is 15.6 Å². The number of amides is 2. The van der Waals surface area contributed by atoms with Gasteiger partial charge in [-0.15, -0.1) is 0 Å². The Bertz CT molecular complexity index is 324. The zero-order valence-corrected chi connectivity index (χ0v) is 8.26. The number of primary amides is 1. The van der Waals surface area contributed by atoms with Crippen LogP contribution in [0.4, 0.5) is 0 Å². The van der Waals surface area contributed by atoms with Gasteiger partial charge in [0.1, 0.15) is 12.1 Å². The standard InChI is InChI=1S/C9H14N2O2/c1-8(2)4-9(3)5-11(8,9)7(13)6(10)12/h4-5H2,1-3H3,(H-,10,12)/p+1. The highest BCUT2D eigenvalue weighted by molar-refractivity contribution is 6.32. The molecule has 0 radical (unpaired) electrons. The molecule has 2 amide bonds. The molecule has 0 spiro atoms. The topological polar surface area (TPSA) is 60.2 Å². The Hall–Kier alpha value is -0.900. The molecule has 0 aromatic carbocycles. The van der Waals surface area contributed by atoms with Crippen LogP contribution in [0.25, 0.3) is 0 Å². The number of fused-ring (bicyclic) bond motifs is 1. The minimum absolute atomic E-state index is 0.00954. The van der Waals surface area contributed by atoms with Gasteiger partial charge in [-0.1, -0.05) is 0 Å².